The van der Waals surface area contributed by atoms with Gasteiger partial charge in [0.15, 0.2) is 0 Å². The maximum atomic E-state index is 13.5. The number of hydrogen-bond acceptors (Lipinski definition) is 4. The lowest BCUT2D eigenvalue weighted by molar-refractivity contribution is 0.117. The van der Waals surface area contributed by atoms with Gasteiger partial charge in [-0.15, -0.1) is 0 Å². The molecule has 132 valence electrons. The second kappa shape index (κ2) is 6.92. The Hall–Kier alpha value is -2.28. The van der Waals surface area contributed by atoms with Gasteiger partial charge >= 0.3 is 0 Å². The molecule has 1 aliphatic rings. The second-order valence-corrected chi connectivity index (χ2v) is 6.64. The van der Waals surface area contributed by atoms with Crippen molar-refractivity contribution in [1.29, 1.82) is 0 Å². The number of fused-ring (bicyclic) bond motifs is 1. The molecule has 0 spiro atoms. The van der Waals surface area contributed by atoms with Crippen LogP contribution in [0.2, 0.25) is 0 Å². The molecule has 0 radical (unpaired) electrons. The molecule has 1 saturated heterocycles. The minimum atomic E-state index is -0.234. The lowest BCUT2D eigenvalue weighted by Crippen LogP contribution is -2.42. The first kappa shape index (κ1) is 16.2. The third kappa shape index (κ3) is 3.28. The molecule has 25 heavy (non-hydrogen) atoms. The Morgan fingerprint density at radius 2 is 2.20 bits per heavy atom. The molecule has 1 aliphatic heterocycles. The molecule has 4 rings (SSSR count). The van der Waals surface area contributed by atoms with Gasteiger partial charge in [-0.25, -0.2) is 14.4 Å². The highest BCUT2D eigenvalue weighted by Gasteiger charge is 2.25. The Labute approximate surface area is 146 Å². The highest BCUT2D eigenvalue weighted by molar-refractivity contribution is 5.76. The third-order valence-electron chi connectivity index (χ3n) is 5.06. The van der Waals surface area contributed by atoms with Crippen LogP contribution in [0.5, 0.6) is 0 Å². The standard InChI is InChI=1S/C18H23FN6/c1-2-25-17-7-6-14(19)9-16(17)22-18(25)11-23-8-4-3-5-15(23)10-24-13-20-12-21-24/h6-7,9,12-13,15H,2-5,8,10-11H2,1H3/t15-/m0/s1. The topological polar surface area (TPSA) is 51.8 Å². The van der Waals surface area contributed by atoms with Crippen molar-refractivity contribution in [2.75, 3.05) is 6.54 Å². The summed E-state index contributed by atoms with van der Waals surface area (Å²) in [5.41, 5.74) is 1.74. The molecule has 1 atom stereocenters. The van der Waals surface area contributed by atoms with Crippen LogP contribution in [0.1, 0.15) is 32.0 Å². The van der Waals surface area contributed by atoms with Crippen molar-refractivity contribution in [3.05, 3.63) is 42.5 Å². The number of aromatic nitrogens is 5. The predicted molar refractivity (Wildman–Crippen MR) is 93.4 cm³/mol. The lowest BCUT2D eigenvalue weighted by atomic mass is 10.0. The first-order valence-electron chi connectivity index (χ1n) is 8.95. The number of hydrogen-bond donors (Lipinski definition) is 0. The number of imidazole rings is 1. The molecule has 0 saturated carbocycles. The SMILES string of the molecule is CCn1c(CN2CCCC[C@H]2Cn2cncn2)nc2cc(F)ccc21. The van der Waals surface area contributed by atoms with Crippen molar-refractivity contribution < 1.29 is 4.39 Å². The molecule has 7 heteroatoms. The number of likely N-dealkylation sites (tertiary alicyclic amines) is 1. The van der Waals surface area contributed by atoms with Crippen LogP contribution >= 0.6 is 0 Å². The maximum absolute atomic E-state index is 13.5. The zero-order valence-corrected chi connectivity index (χ0v) is 14.5. The Morgan fingerprint density at radius 1 is 1.28 bits per heavy atom. The number of benzene rings is 1. The van der Waals surface area contributed by atoms with E-state index in [-0.39, 0.29) is 5.82 Å². The summed E-state index contributed by atoms with van der Waals surface area (Å²) < 4.78 is 17.6. The van der Waals surface area contributed by atoms with Gasteiger partial charge in [-0.3, -0.25) is 9.58 Å². The number of halogens is 1. The van der Waals surface area contributed by atoms with Gasteiger partial charge in [-0.1, -0.05) is 6.42 Å². The highest BCUT2D eigenvalue weighted by atomic mass is 19.1. The molecule has 6 nitrogen and oxygen atoms in total. The van der Waals surface area contributed by atoms with E-state index >= 15 is 0 Å². The van der Waals surface area contributed by atoms with E-state index in [0.717, 1.165) is 49.5 Å². The minimum absolute atomic E-state index is 0.234. The van der Waals surface area contributed by atoms with Crippen molar-refractivity contribution >= 4 is 11.0 Å². The fourth-order valence-electron chi connectivity index (χ4n) is 3.83. The van der Waals surface area contributed by atoms with Gasteiger partial charge in [0.05, 0.1) is 24.1 Å². The van der Waals surface area contributed by atoms with Crippen molar-refractivity contribution in [2.45, 2.75) is 51.9 Å². The summed E-state index contributed by atoms with van der Waals surface area (Å²) in [6.45, 7) is 5.63. The summed E-state index contributed by atoms with van der Waals surface area (Å²) in [7, 11) is 0. The van der Waals surface area contributed by atoms with Crippen LogP contribution in [-0.2, 0) is 19.6 Å². The maximum Gasteiger partial charge on any atom is 0.137 e. The van der Waals surface area contributed by atoms with Crippen molar-refractivity contribution in [3.8, 4) is 0 Å². The average molecular weight is 342 g/mol. The number of nitrogens with zero attached hydrogens (tertiary/aromatic N) is 6. The van der Waals surface area contributed by atoms with Gasteiger partial charge < -0.3 is 4.57 Å². The van der Waals surface area contributed by atoms with E-state index < -0.39 is 0 Å². The van der Waals surface area contributed by atoms with Crippen molar-refractivity contribution in [2.24, 2.45) is 0 Å². The quantitative estimate of drug-likeness (QED) is 0.715. The Kier molecular flexibility index (Phi) is 4.48. The molecule has 0 aliphatic carbocycles. The smallest absolute Gasteiger partial charge is 0.137 e. The molecule has 0 amide bonds. The first-order chi connectivity index (χ1) is 12.2. The van der Waals surface area contributed by atoms with Crippen LogP contribution in [0.15, 0.2) is 30.9 Å². The Bertz CT molecular complexity index is 841. The summed E-state index contributed by atoms with van der Waals surface area (Å²) in [6.07, 6.45) is 6.95. The summed E-state index contributed by atoms with van der Waals surface area (Å²) in [6, 6.07) is 5.29. The summed E-state index contributed by atoms with van der Waals surface area (Å²) in [5.74, 6) is 0.774. The van der Waals surface area contributed by atoms with Gasteiger partial charge in [-0.05, 0) is 38.4 Å². The normalized spacial score (nSPS) is 18.9. The van der Waals surface area contributed by atoms with E-state index in [1.165, 1.54) is 25.0 Å². The van der Waals surface area contributed by atoms with Gasteiger partial charge in [0.2, 0.25) is 0 Å². The van der Waals surface area contributed by atoms with Gasteiger partial charge in [0.1, 0.15) is 24.3 Å². The fourth-order valence-corrected chi connectivity index (χ4v) is 3.83. The third-order valence-corrected chi connectivity index (χ3v) is 5.06. The molecule has 0 bridgehead atoms. The fraction of sp³-hybridized carbons (Fsp3) is 0.500. The van der Waals surface area contributed by atoms with Crippen LogP contribution in [-0.4, -0.2) is 41.8 Å². The van der Waals surface area contributed by atoms with Gasteiger partial charge in [-0.2, -0.15) is 5.10 Å². The first-order valence-corrected chi connectivity index (χ1v) is 8.95. The largest absolute Gasteiger partial charge is 0.327 e. The zero-order valence-electron chi connectivity index (χ0n) is 14.5. The number of aryl methyl sites for hydroxylation is 1. The van der Waals surface area contributed by atoms with Crippen LogP contribution in [0.4, 0.5) is 4.39 Å². The Balaban J connectivity index is 1.59. The van der Waals surface area contributed by atoms with E-state index in [1.54, 1.807) is 12.7 Å². The molecule has 1 fully saturated rings. The predicted octanol–water partition coefficient (Wildman–Crippen LogP) is 2.84. The van der Waals surface area contributed by atoms with Crippen LogP contribution in [0.25, 0.3) is 11.0 Å². The molecule has 0 unspecified atom stereocenters. The molecule has 3 heterocycles. The van der Waals surface area contributed by atoms with E-state index in [9.17, 15) is 4.39 Å². The zero-order chi connectivity index (χ0) is 17.2. The van der Waals surface area contributed by atoms with Gasteiger partial charge in [0, 0.05) is 18.7 Å². The minimum Gasteiger partial charge on any atom is -0.327 e. The summed E-state index contributed by atoms with van der Waals surface area (Å²) >= 11 is 0. The van der Waals surface area contributed by atoms with Crippen LogP contribution in [0, 0.1) is 5.82 Å². The number of piperidine rings is 1. The Morgan fingerprint density at radius 3 is 3.00 bits per heavy atom. The van der Waals surface area contributed by atoms with Crippen LogP contribution in [0.3, 0.4) is 0 Å². The number of rotatable bonds is 5. The molecule has 0 N–H and O–H groups in total. The van der Waals surface area contributed by atoms with Crippen LogP contribution < -0.4 is 0 Å². The lowest BCUT2D eigenvalue weighted by Gasteiger charge is -2.35. The molecule has 2 aromatic heterocycles. The monoisotopic (exact) mass is 342 g/mol. The average Bonchev–Trinajstić information content (AvgIpc) is 3.23. The van der Waals surface area contributed by atoms with E-state index in [0.29, 0.717) is 6.04 Å². The van der Waals surface area contributed by atoms with Crippen molar-refractivity contribution in [1.82, 2.24) is 29.2 Å². The summed E-state index contributed by atoms with van der Waals surface area (Å²) in [5, 5.41) is 4.25. The van der Waals surface area contributed by atoms with E-state index in [1.807, 2.05) is 10.7 Å². The van der Waals surface area contributed by atoms with Crippen molar-refractivity contribution in [3.63, 3.8) is 0 Å². The molecular weight excluding hydrogens is 319 g/mol. The van der Waals surface area contributed by atoms with E-state index in [2.05, 4.69) is 26.5 Å². The highest BCUT2D eigenvalue weighted by Crippen LogP contribution is 2.23. The molecule has 3 aromatic rings. The summed E-state index contributed by atoms with van der Waals surface area (Å²) in [4.78, 5) is 11.2. The second-order valence-electron chi connectivity index (χ2n) is 6.64. The van der Waals surface area contributed by atoms with Gasteiger partial charge in [0.25, 0.3) is 0 Å². The molecule has 1 aromatic carbocycles. The van der Waals surface area contributed by atoms with E-state index in [4.69, 9.17) is 4.98 Å². The molecular formula is C18H23FN6.